The van der Waals surface area contributed by atoms with Gasteiger partial charge in [-0.2, -0.15) is 0 Å². The summed E-state index contributed by atoms with van der Waals surface area (Å²) in [5.41, 5.74) is 0.913. The number of anilines is 1. The number of benzene rings is 2. The fourth-order valence-electron chi connectivity index (χ4n) is 2.04. The Kier molecular flexibility index (Phi) is 7.03. The molecule has 0 unspecified atom stereocenters. The van der Waals surface area contributed by atoms with Gasteiger partial charge in [-0.3, -0.25) is 0 Å². The molecule has 0 heterocycles. The lowest BCUT2D eigenvalue weighted by Crippen LogP contribution is -2.39. The van der Waals surface area contributed by atoms with Gasteiger partial charge in [-0.05, 0) is 49.5 Å². The second-order valence-electron chi connectivity index (χ2n) is 5.31. The van der Waals surface area contributed by atoms with E-state index in [4.69, 9.17) is 33.3 Å². The number of thiocarbonyl (C=S) groups is 1. The molecule has 0 saturated heterocycles. The van der Waals surface area contributed by atoms with Gasteiger partial charge in [-0.15, -0.1) is 0 Å². The van der Waals surface area contributed by atoms with Gasteiger partial charge in [-0.1, -0.05) is 29.8 Å². The molecule has 7 heteroatoms. The van der Waals surface area contributed by atoms with Gasteiger partial charge < -0.3 is 20.1 Å². The topological polar surface area (TPSA) is 59.6 Å². The summed E-state index contributed by atoms with van der Waals surface area (Å²) in [6.07, 6.45) is 0. The van der Waals surface area contributed by atoms with Crippen molar-refractivity contribution in [2.24, 2.45) is 0 Å². The smallest absolute Gasteiger partial charge is 0.339 e. The van der Waals surface area contributed by atoms with Crippen molar-refractivity contribution < 1.29 is 14.3 Å². The summed E-state index contributed by atoms with van der Waals surface area (Å²) in [7, 11) is 1.30. The van der Waals surface area contributed by atoms with Gasteiger partial charge in [0.25, 0.3) is 0 Å². The molecule has 0 amide bonds. The highest BCUT2D eigenvalue weighted by atomic mass is 35.5. The van der Waals surface area contributed by atoms with Gasteiger partial charge in [0, 0.05) is 5.69 Å². The number of carbonyl (C=O) groups excluding carboxylic acids is 1. The molecule has 0 radical (unpaired) electrons. The Balaban J connectivity index is 1.88. The monoisotopic (exact) mass is 378 g/mol. The van der Waals surface area contributed by atoms with Crippen molar-refractivity contribution >= 4 is 40.6 Å². The van der Waals surface area contributed by atoms with E-state index in [0.29, 0.717) is 22.4 Å². The normalized spacial score (nSPS) is 11.3. The maximum absolute atomic E-state index is 11.7. The van der Waals surface area contributed by atoms with Gasteiger partial charge in [0.05, 0.1) is 23.7 Å². The predicted octanol–water partition coefficient (Wildman–Crippen LogP) is 3.88. The third-order valence-electron chi connectivity index (χ3n) is 3.25. The fourth-order valence-corrected chi connectivity index (χ4v) is 2.55. The Morgan fingerprint density at radius 2 is 1.96 bits per heavy atom. The number of carbonyl (C=O) groups is 1. The average molecular weight is 379 g/mol. The van der Waals surface area contributed by atoms with Gasteiger partial charge in [-0.25, -0.2) is 4.79 Å². The maximum atomic E-state index is 11.7. The van der Waals surface area contributed by atoms with Crippen LogP contribution in [-0.2, 0) is 4.74 Å². The molecule has 0 saturated carbocycles. The quantitative estimate of drug-likeness (QED) is 0.587. The minimum Gasteiger partial charge on any atom is -0.491 e. The minimum absolute atomic E-state index is 0.00687. The number of esters is 1. The lowest BCUT2D eigenvalue weighted by atomic mass is 10.2. The Morgan fingerprint density at radius 1 is 1.24 bits per heavy atom. The van der Waals surface area contributed by atoms with E-state index in [1.54, 1.807) is 18.2 Å². The molecule has 0 aliphatic rings. The summed E-state index contributed by atoms with van der Waals surface area (Å²) in [6.45, 7) is 2.42. The summed E-state index contributed by atoms with van der Waals surface area (Å²) >= 11 is 11.3. The number of hydrogen-bond donors (Lipinski definition) is 2. The van der Waals surface area contributed by atoms with E-state index in [0.717, 1.165) is 5.75 Å². The van der Waals surface area contributed by atoms with Crippen molar-refractivity contribution in [2.75, 3.05) is 19.0 Å². The predicted molar refractivity (Wildman–Crippen MR) is 104 cm³/mol. The van der Waals surface area contributed by atoms with Gasteiger partial charge >= 0.3 is 5.97 Å². The first kappa shape index (κ1) is 19.0. The molecule has 2 aromatic carbocycles. The molecular formula is C18H19ClN2O3S. The van der Waals surface area contributed by atoms with E-state index in [2.05, 4.69) is 10.6 Å². The number of methoxy groups -OCH3 is 1. The molecular weight excluding hydrogens is 360 g/mol. The van der Waals surface area contributed by atoms with Crippen molar-refractivity contribution in [3.8, 4) is 5.75 Å². The Hall–Kier alpha value is -2.31. The van der Waals surface area contributed by atoms with Crippen molar-refractivity contribution in [1.29, 1.82) is 0 Å². The van der Waals surface area contributed by atoms with Gasteiger partial charge in [0.2, 0.25) is 0 Å². The largest absolute Gasteiger partial charge is 0.491 e. The molecule has 5 nitrogen and oxygen atoms in total. The number of halogens is 1. The lowest BCUT2D eigenvalue weighted by Gasteiger charge is -2.18. The summed E-state index contributed by atoms with van der Waals surface area (Å²) in [5, 5.41) is 6.88. The number of hydrogen-bond acceptors (Lipinski definition) is 4. The molecule has 0 spiro atoms. The molecule has 0 aliphatic heterocycles. The number of ether oxygens (including phenoxy) is 2. The molecule has 132 valence electrons. The second kappa shape index (κ2) is 9.25. The number of nitrogens with one attached hydrogen (secondary N) is 2. The SMILES string of the molecule is COC(=O)c1cc(NC(=S)N[C@H](C)COc2ccccc2)ccc1Cl. The van der Waals surface area contributed by atoms with Crippen LogP contribution in [0.25, 0.3) is 0 Å². The summed E-state index contributed by atoms with van der Waals surface area (Å²) in [5.74, 6) is 0.299. The zero-order valence-corrected chi connectivity index (χ0v) is 15.5. The van der Waals surface area contributed by atoms with E-state index in [9.17, 15) is 4.79 Å². The maximum Gasteiger partial charge on any atom is 0.339 e. The van der Waals surface area contributed by atoms with Crippen LogP contribution in [0.1, 0.15) is 17.3 Å². The van der Waals surface area contributed by atoms with Crippen molar-refractivity contribution in [2.45, 2.75) is 13.0 Å². The third kappa shape index (κ3) is 5.92. The van der Waals surface area contributed by atoms with Crippen LogP contribution in [0.3, 0.4) is 0 Å². The molecule has 2 N–H and O–H groups in total. The van der Waals surface area contributed by atoms with Crippen LogP contribution < -0.4 is 15.4 Å². The van der Waals surface area contributed by atoms with E-state index < -0.39 is 5.97 Å². The van der Waals surface area contributed by atoms with Gasteiger partial charge in [0.1, 0.15) is 12.4 Å². The fraction of sp³-hybridized carbons (Fsp3) is 0.222. The first-order chi connectivity index (χ1) is 12.0. The van der Waals surface area contributed by atoms with Crippen LogP contribution >= 0.6 is 23.8 Å². The van der Waals surface area contributed by atoms with Crippen LogP contribution in [0.2, 0.25) is 5.02 Å². The second-order valence-corrected chi connectivity index (χ2v) is 6.13. The highest BCUT2D eigenvalue weighted by Crippen LogP contribution is 2.21. The first-order valence-corrected chi connectivity index (χ1v) is 8.41. The molecule has 2 rings (SSSR count). The molecule has 0 fully saturated rings. The first-order valence-electron chi connectivity index (χ1n) is 7.63. The average Bonchev–Trinajstić information content (AvgIpc) is 2.61. The summed E-state index contributed by atoms with van der Waals surface area (Å²) in [4.78, 5) is 11.7. The lowest BCUT2D eigenvalue weighted by molar-refractivity contribution is 0.0601. The molecule has 0 aromatic heterocycles. The molecule has 0 bridgehead atoms. The molecule has 1 atom stereocenters. The van der Waals surface area contributed by atoms with E-state index >= 15 is 0 Å². The van der Waals surface area contributed by atoms with E-state index in [1.165, 1.54) is 7.11 Å². The number of para-hydroxylation sites is 1. The molecule has 2 aromatic rings. The van der Waals surface area contributed by atoms with Crippen LogP contribution in [0.5, 0.6) is 5.75 Å². The third-order valence-corrected chi connectivity index (χ3v) is 3.80. The molecule has 0 aliphatic carbocycles. The van der Waals surface area contributed by atoms with E-state index in [-0.39, 0.29) is 11.6 Å². The van der Waals surface area contributed by atoms with Crippen LogP contribution in [0.4, 0.5) is 5.69 Å². The van der Waals surface area contributed by atoms with Crippen LogP contribution in [0, 0.1) is 0 Å². The van der Waals surface area contributed by atoms with Crippen LogP contribution in [-0.4, -0.2) is 30.8 Å². The summed E-state index contributed by atoms with van der Waals surface area (Å²) in [6, 6.07) is 14.5. The Morgan fingerprint density at radius 3 is 2.64 bits per heavy atom. The minimum atomic E-state index is -0.503. The van der Waals surface area contributed by atoms with Crippen molar-refractivity contribution in [3.63, 3.8) is 0 Å². The standard InChI is InChI=1S/C18H19ClN2O3S/c1-12(11-24-14-6-4-3-5-7-14)20-18(25)21-13-8-9-16(19)15(10-13)17(22)23-2/h3-10,12H,11H2,1-2H3,(H2,20,21,25)/t12-/m1/s1. The zero-order valence-electron chi connectivity index (χ0n) is 13.9. The Labute approximate surface area is 157 Å². The zero-order chi connectivity index (χ0) is 18.2. The van der Waals surface area contributed by atoms with Crippen molar-refractivity contribution in [3.05, 3.63) is 59.1 Å². The van der Waals surface area contributed by atoms with Gasteiger partial charge in [0.15, 0.2) is 5.11 Å². The summed E-state index contributed by atoms with van der Waals surface area (Å²) < 4.78 is 10.4. The van der Waals surface area contributed by atoms with Crippen LogP contribution in [0.15, 0.2) is 48.5 Å². The van der Waals surface area contributed by atoms with E-state index in [1.807, 2.05) is 37.3 Å². The Bertz CT molecular complexity index is 740. The van der Waals surface area contributed by atoms with Crippen molar-refractivity contribution in [1.82, 2.24) is 5.32 Å². The molecule has 25 heavy (non-hydrogen) atoms. The highest BCUT2D eigenvalue weighted by Gasteiger charge is 2.12. The number of rotatable bonds is 6. The highest BCUT2D eigenvalue weighted by molar-refractivity contribution is 7.80.